The lowest BCUT2D eigenvalue weighted by molar-refractivity contribution is -0.127. The molecule has 5 heteroatoms. The van der Waals surface area contributed by atoms with E-state index < -0.39 is 0 Å². The van der Waals surface area contributed by atoms with E-state index in [2.05, 4.69) is 5.32 Å². The summed E-state index contributed by atoms with van der Waals surface area (Å²) in [5.41, 5.74) is 0.607. The fraction of sp³-hybridized carbons (Fsp3) is 0.909. The van der Waals surface area contributed by atoms with Crippen molar-refractivity contribution in [1.29, 1.82) is 0 Å². The van der Waals surface area contributed by atoms with Gasteiger partial charge in [-0.15, -0.1) is 0 Å². The van der Waals surface area contributed by atoms with Crippen LogP contribution in [0.5, 0.6) is 0 Å². The van der Waals surface area contributed by atoms with Gasteiger partial charge in [-0.3, -0.25) is 4.79 Å². The highest BCUT2D eigenvalue weighted by molar-refractivity contribution is 5.80. The van der Waals surface area contributed by atoms with E-state index in [0.717, 1.165) is 38.8 Å². The molecule has 0 aromatic heterocycles. The van der Waals surface area contributed by atoms with Crippen molar-refractivity contribution >= 4 is 11.9 Å². The summed E-state index contributed by atoms with van der Waals surface area (Å²) in [4.78, 5) is 29.0. The Morgan fingerprint density at radius 3 is 2.07 bits per heavy atom. The van der Waals surface area contributed by atoms with Crippen molar-refractivity contribution < 1.29 is 9.59 Å². The second-order valence-corrected chi connectivity index (χ2v) is 9.06. The summed E-state index contributed by atoms with van der Waals surface area (Å²) in [6, 6.07) is 0.504. The second-order valence-electron chi connectivity index (χ2n) is 9.06. The highest BCUT2D eigenvalue weighted by atomic mass is 16.2. The number of carbonyl (C=O) groups is 2. The van der Waals surface area contributed by atoms with Gasteiger partial charge in [0.15, 0.2) is 0 Å². The molecule has 0 unspecified atom stereocenters. The Balaban J connectivity index is 1.40. The predicted molar refractivity (Wildman–Crippen MR) is 109 cm³/mol. The summed E-state index contributed by atoms with van der Waals surface area (Å²) >= 11 is 0. The molecule has 0 bridgehead atoms. The molecule has 0 atom stereocenters. The first-order chi connectivity index (χ1) is 13.1. The minimum atomic E-state index is 0.0799. The lowest BCUT2D eigenvalue weighted by atomic mass is 9.64. The fourth-order valence-electron chi connectivity index (χ4n) is 5.52. The van der Waals surface area contributed by atoms with Crippen LogP contribution in [0.15, 0.2) is 0 Å². The van der Waals surface area contributed by atoms with Gasteiger partial charge in [0.25, 0.3) is 0 Å². The minimum absolute atomic E-state index is 0.0799. The Morgan fingerprint density at radius 1 is 0.926 bits per heavy atom. The zero-order valence-corrected chi connectivity index (χ0v) is 17.5. The molecule has 1 saturated heterocycles. The van der Waals surface area contributed by atoms with Crippen LogP contribution in [0.1, 0.15) is 84.5 Å². The minimum Gasteiger partial charge on any atom is -0.353 e. The Labute approximate surface area is 165 Å². The molecule has 2 saturated carbocycles. The number of hydrogen-bond acceptors (Lipinski definition) is 2. The SMILES string of the molecule is CCN(CC)C(=O)N1CCC(C(=O)NC2CCC3(CCCCC3)CC2)CC1. The molecule has 1 heterocycles. The van der Waals surface area contributed by atoms with Crippen LogP contribution >= 0.6 is 0 Å². The highest BCUT2D eigenvalue weighted by Crippen LogP contribution is 2.47. The molecule has 3 fully saturated rings. The Hall–Kier alpha value is -1.26. The van der Waals surface area contributed by atoms with E-state index in [0.29, 0.717) is 24.5 Å². The van der Waals surface area contributed by atoms with Gasteiger partial charge in [-0.2, -0.15) is 0 Å². The van der Waals surface area contributed by atoms with Crippen molar-refractivity contribution in [1.82, 2.24) is 15.1 Å². The average Bonchev–Trinajstić information content (AvgIpc) is 2.71. The highest BCUT2D eigenvalue weighted by Gasteiger charge is 2.37. The zero-order chi connectivity index (χ0) is 19.3. The van der Waals surface area contributed by atoms with Crippen molar-refractivity contribution in [3.8, 4) is 0 Å². The lowest BCUT2D eigenvalue weighted by Crippen LogP contribution is -2.49. The number of urea groups is 1. The smallest absolute Gasteiger partial charge is 0.319 e. The van der Waals surface area contributed by atoms with Crippen LogP contribution in [0.2, 0.25) is 0 Å². The third-order valence-corrected chi connectivity index (χ3v) is 7.48. The third-order valence-electron chi connectivity index (χ3n) is 7.48. The van der Waals surface area contributed by atoms with Gasteiger partial charge >= 0.3 is 6.03 Å². The largest absolute Gasteiger partial charge is 0.353 e. The predicted octanol–water partition coefficient (Wildman–Crippen LogP) is 4.17. The van der Waals surface area contributed by atoms with Crippen molar-refractivity contribution in [2.24, 2.45) is 11.3 Å². The van der Waals surface area contributed by atoms with Gasteiger partial charge < -0.3 is 15.1 Å². The monoisotopic (exact) mass is 377 g/mol. The molecule has 5 nitrogen and oxygen atoms in total. The number of rotatable bonds is 4. The van der Waals surface area contributed by atoms with Crippen molar-refractivity contribution in [2.75, 3.05) is 26.2 Å². The normalized spacial score (nSPS) is 24.0. The summed E-state index contributed by atoms with van der Waals surface area (Å²) < 4.78 is 0. The molecule has 1 aliphatic heterocycles. The molecule has 2 aliphatic carbocycles. The fourth-order valence-corrected chi connectivity index (χ4v) is 5.52. The van der Waals surface area contributed by atoms with Gasteiger partial charge in [0.05, 0.1) is 0 Å². The van der Waals surface area contributed by atoms with E-state index in [9.17, 15) is 9.59 Å². The van der Waals surface area contributed by atoms with Crippen molar-refractivity contribution in [2.45, 2.75) is 90.5 Å². The van der Waals surface area contributed by atoms with E-state index in [-0.39, 0.29) is 17.9 Å². The van der Waals surface area contributed by atoms with Gasteiger partial charge in [-0.1, -0.05) is 19.3 Å². The van der Waals surface area contributed by atoms with Crippen LogP contribution in [0.25, 0.3) is 0 Å². The van der Waals surface area contributed by atoms with Crippen molar-refractivity contribution in [3.05, 3.63) is 0 Å². The summed E-state index contributed by atoms with van der Waals surface area (Å²) in [6.07, 6.45) is 13.6. The molecule has 0 radical (unpaired) electrons. The number of carbonyl (C=O) groups excluding carboxylic acids is 2. The Bertz CT molecular complexity index is 494. The number of hydrogen-bond donors (Lipinski definition) is 1. The molecule has 3 amide bonds. The van der Waals surface area contributed by atoms with Gasteiger partial charge in [0.2, 0.25) is 5.91 Å². The van der Waals surface area contributed by atoms with E-state index in [4.69, 9.17) is 0 Å². The first kappa shape index (κ1) is 20.5. The molecule has 0 aromatic rings. The maximum Gasteiger partial charge on any atom is 0.319 e. The van der Waals surface area contributed by atoms with Gasteiger partial charge in [0.1, 0.15) is 0 Å². The van der Waals surface area contributed by atoms with E-state index in [1.807, 2.05) is 23.6 Å². The van der Waals surface area contributed by atoms with E-state index in [1.165, 1.54) is 44.9 Å². The van der Waals surface area contributed by atoms with E-state index >= 15 is 0 Å². The Kier molecular flexibility index (Phi) is 7.04. The topological polar surface area (TPSA) is 52.7 Å². The number of nitrogens with zero attached hydrogens (tertiary/aromatic N) is 2. The number of nitrogens with one attached hydrogen (secondary N) is 1. The quantitative estimate of drug-likeness (QED) is 0.799. The van der Waals surface area contributed by atoms with Gasteiger partial charge in [-0.05, 0) is 70.6 Å². The molecule has 154 valence electrons. The van der Waals surface area contributed by atoms with Gasteiger partial charge in [0, 0.05) is 38.1 Å². The molecule has 3 rings (SSSR count). The molecular weight excluding hydrogens is 338 g/mol. The number of piperidine rings is 1. The first-order valence-electron chi connectivity index (χ1n) is 11.4. The number of amides is 3. The number of likely N-dealkylation sites (tertiary alicyclic amines) is 1. The lowest BCUT2D eigenvalue weighted by Gasteiger charge is -2.43. The summed E-state index contributed by atoms with van der Waals surface area (Å²) in [6.45, 7) is 6.95. The third kappa shape index (κ3) is 4.97. The van der Waals surface area contributed by atoms with Crippen LogP contribution < -0.4 is 5.32 Å². The maximum atomic E-state index is 12.7. The van der Waals surface area contributed by atoms with Crippen LogP contribution in [0.3, 0.4) is 0 Å². The molecule has 1 N–H and O–H groups in total. The summed E-state index contributed by atoms with van der Waals surface area (Å²) in [5.74, 6) is 0.311. The van der Waals surface area contributed by atoms with E-state index in [1.54, 1.807) is 0 Å². The van der Waals surface area contributed by atoms with Crippen LogP contribution in [-0.4, -0.2) is 54.0 Å². The molecule has 3 aliphatic rings. The van der Waals surface area contributed by atoms with Crippen LogP contribution in [0.4, 0.5) is 4.79 Å². The molecule has 0 aromatic carbocycles. The van der Waals surface area contributed by atoms with Crippen LogP contribution in [0, 0.1) is 11.3 Å². The Morgan fingerprint density at radius 2 is 1.52 bits per heavy atom. The van der Waals surface area contributed by atoms with Crippen molar-refractivity contribution in [3.63, 3.8) is 0 Å². The second kappa shape index (κ2) is 9.29. The zero-order valence-electron chi connectivity index (χ0n) is 17.5. The molecule has 27 heavy (non-hydrogen) atoms. The first-order valence-corrected chi connectivity index (χ1v) is 11.4. The molecule has 1 spiro atoms. The van der Waals surface area contributed by atoms with Crippen LogP contribution in [-0.2, 0) is 4.79 Å². The average molecular weight is 378 g/mol. The molecular formula is C22H39N3O2. The maximum absolute atomic E-state index is 12.7. The standard InChI is InChI=1S/C22H39N3O2/c1-3-24(4-2)21(27)25-16-10-18(11-17-25)20(26)23-19-8-14-22(15-9-19)12-6-5-7-13-22/h18-19H,3-17H2,1-2H3,(H,23,26). The van der Waals surface area contributed by atoms with Gasteiger partial charge in [-0.25, -0.2) is 4.79 Å². The summed E-state index contributed by atoms with van der Waals surface area (Å²) in [5, 5.41) is 3.35. The summed E-state index contributed by atoms with van der Waals surface area (Å²) in [7, 11) is 0.